The average Bonchev–Trinajstić information content (AvgIpc) is 3.18. The lowest BCUT2D eigenvalue weighted by atomic mass is 9.92. The van der Waals surface area contributed by atoms with Gasteiger partial charge in [0.05, 0.1) is 23.0 Å². The van der Waals surface area contributed by atoms with Crippen LogP contribution in [-0.4, -0.2) is 21.4 Å². The molecule has 1 aliphatic rings. The monoisotopic (exact) mass is 280 g/mol. The summed E-state index contributed by atoms with van der Waals surface area (Å²) in [5.41, 5.74) is 0.627. The van der Waals surface area contributed by atoms with Gasteiger partial charge >= 0.3 is 0 Å². The number of nitrogens with zero attached hydrogens (tertiary/aromatic N) is 3. The Balaban J connectivity index is 1.88. The molecule has 1 unspecified atom stereocenters. The third kappa shape index (κ3) is 3.49. The predicted octanol–water partition coefficient (Wildman–Crippen LogP) is 3.05. The second kappa shape index (κ2) is 5.94. The zero-order valence-electron chi connectivity index (χ0n) is 11.6. The van der Waals surface area contributed by atoms with Gasteiger partial charge < -0.3 is 0 Å². The van der Waals surface area contributed by atoms with Crippen LogP contribution in [0.3, 0.4) is 0 Å². The molecule has 4 nitrogen and oxygen atoms in total. The zero-order valence-corrected chi connectivity index (χ0v) is 12.4. The lowest BCUT2D eigenvalue weighted by molar-refractivity contribution is 0.347. The third-order valence-electron chi connectivity index (χ3n) is 3.89. The maximum absolute atomic E-state index is 9.45. The molecule has 0 aliphatic heterocycles. The molecular formula is C14H21ClN4. The summed E-state index contributed by atoms with van der Waals surface area (Å²) in [4.78, 5) is 0. The molecule has 1 atom stereocenters. The van der Waals surface area contributed by atoms with E-state index in [0.717, 1.165) is 31.5 Å². The highest BCUT2D eigenvalue weighted by Crippen LogP contribution is 2.27. The molecule has 1 aromatic heterocycles. The van der Waals surface area contributed by atoms with E-state index in [9.17, 15) is 5.26 Å². The van der Waals surface area contributed by atoms with E-state index in [-0.39, 0.29) is 5.54 Å². The number of hydrogen-bond donors (Lipinski definition) is 1. The van der Waals surface area contributed by atoms with Crippen molar-refractivity contribution >= 4 is 11.6 Å². The molecule has 5 heteroatoms. The molecule has 2 rings (SSSR count). The molecule has 1 aliphatic carbocycles. The van der Waals surface area contributed by atoms with Crippen LogP contribution in [0.2, 0.25) is 5.02 Å². The van der Waals surface area contributed by atoms with Crippen LogP contribution in [0.1, 0.15) is 44.7 Å². The number of rotatable bonds is 7. The van der Waals surface area contributed by atoms with Gasteiger partial charge in [-0.05, 0) is 39.0 Å². The molecule has 1 heterocycles. The average molecular weight is 281 g/mol. The topological polar surface area (TPSA) is 53.6 Å². The van der Waals surface area contributed by atoms with E-state index in [0.29, 0.717) is 11.1 Å². The first-order chi connectivity index (χ1) is 9.10. The highest BCUT2D eigenvalue weighted by molar-refractivity contribution is 6.31. The van der Waals surface area contributed by atoms with Gasteiger partial charge in [0.15, 0.2) is 0 Å². The van der Waals surface area contributed by atoms with Crippen LogP contribution < -0.4 is 5.32 Å². The Labute approximate surface area is 119 Å². The van der Waals surface area contributed by atoms with Crippen molar-refractivity contribution in [1.29, 1.82) is 5.26 Å². The summed E-state index contributed by atoms with van der Waals surface area (Å²) in [6.45, 7) is 4.86. The summed E-state index contributed by atoms with van der Waals surface area (Å²) in [6, 6.07) is 3.03. The van der Waals surface area contributed by atoms with Crippen molar-refractivity contribution in [3.8, 4) is 6.07 Å². The minimum Gasteiger partial charge on any atom is -0.297 e. The molecule has 1 fully saturated rings. The summed E-state index contributed by atoms with van der Waals surface area (Å²) in [6.07, 6.45) is 6.72. The van der Waals surface area contributed by atoms with E-state index in [1.165, 1.54) is 12.8 Å². The SMILES string of the molecule is CCC(C#N)(CCCn1ncc(Cl)c1C)NC1CC1. The van der Waals surface area contributed by atoms with E-state index >= 15 is 0 Å². The Bertz CT molecular complexity index is 472. The molecule has 0 bridgehead atoms. The van der Waals surface area contributed by atoms with Gasteiger partial charge in [0.25, 0.3) is 0 Å². The number of hydrogen-bond acceptors (Lipinski definition) is 3. The fraction of sp³-hybridized carbons (Fsp3) is 0.714. The van der Waals surface area contributed by atoms with Crippen LogP contribution >= 0.6 is 11.6 Å². The van der Waals surface area contributed by atoms with E-state index in [1.807, 2.05) is 11.6 Å². The number of halogens is 1. The number of nitrogens with one attached hydrogen (secondary N) is 1. The van der Waals surface area contributed by atoms with Gasteiger partial charge in [-0.15, -0.1) is 0 Å². The quantitative estimate of drug-likeness (QED) is 0.835. The van der Waals surface area contributed by atoms with Crippen LogP contribution in [0.5, 0.6) is 0 Å². The van der Waals surface area contributed by atoms with E-state index in [1.54, 1.807) is 6.20 Å². The van der Waals surface area contributed by atoms with Crippen molar-refractivity contribution in [3.05, 3.63) is 16.9 Å². The molecule has 0 radical (unpaired) electrons. The normalized spacial score (nSPS) is 18.0. The Kier molecular flexibility index (Phi) is 4.49. The van der Waals surface area contributed by atoms with Crippen molar-refractivity contribution in [2.45, 2.75) is 64.1 Å². The molecule has 0 amide bonds. The minimum atomic E-state index is -0.369. The molecule has 0 saturated heterocycles. The molecule has 1 N–H and O–H groups in total. The Morgan fingerprint density at radius 3 is 2.84 bits per heavy atom. The van der Waals surface area contributed by atoms with Crippen molar-refractivity contribution in [1.82, 2.24) is 15.1 Å². The van der Waals surface area contributed by atoms with Crippen molar-refractivity contribution in [2.75, 3.05) is 0 Å². The molecule has 19 heavy (non-hydrogen) atoms. The van der Waals surface area contributed by atoms with Crippen molar-refractivity contribution < 1.29 is 0 Å². The number of aromatic nitrogens is 2. The molecule has 0 spiro atoms. The van der Waals surface area contributed by atoms with E-state index in [4.69, 9.17) is 11.6 Å². The summed E-state index contributed by atoms with van der Waals surface area (Å²) in [7, 11) is 0. The Morgan fingerprint density at radius 2 is 2.37 bits per heavy atom. The smallest absolute Gasteiger partial charge is 0.106 e. The minimum absolute atomic E-state index is 0.369. The summed E-state index contributed by atoms with van der Waals surface area (Å²) < 4.78 is 1.91. The lowest BCUT2D eigenvalue weighted by Crippen LogP contribution is -2.44. The molecule has 104 valence electrons. The van der Waals surface area contributed by atoms with E-state index < -0.39 is 0 Å². The summed E-state index contributed by atoms with van der Waals surface area (Å²) in [5, 5.41) is 17.9. The highest BCUT2D eigenvalue weighted by atomic mass is 35.5. The van der Waals surface area contributed by atoms with Crippen molar-refractivity contribution in [2.24, 2.45) is 0 Å². The van der Waals surface area contributed by atoms with Crippen molar-refractivity contribution in [3.63, 3.8) is 0 Å². The van der Waals surface area contributed by atoms with Crippen LogP contribution in [0.4, 0.5) is 0 Å². The van der Waals surface area contributed by atoms with Gasteiger partial charge in [0.1, 0.15) is 5.54 Å². The first kappa shape index (κ1) is 14.4. The van der Waals surface area contributed by atoms with Crippen LogP contribution in [0.15, 0.2) is 6.20 Å². The second-order valence-corrected chi connectivity index (χ2v) is 5.78. The highest BCUT2D eigenvalue weighted by Gasteiger charge is 2.34. The van der Waals surface area contributed by atoms with Gasteiger partial charge in [-0.25, -0.2) is 0 Å². The Hall–Kier alpha value is -1.05. The zero-order chi connectivity index (χ0) is 13.9. The number of aryl methyl sites for hydroxylation is 1. The molecular weight excluding hydrogens is 260 g/mol. The second-order valence-electron chi connectivity index (χ2n) is 5.37. The predicted molar refractivity (Wildman–Crippen MR) is 76.0 cm³/mol. The fourth-order valence-corrected chi connectivity index (χ4v) is 2.46. The first-order valence-corrected chi connectivity index (χ1v) is 7.35. The lowest BCUT2D eigenvalue weighted by Gasteiger charge is -2.26. The van der Waals surface area contributed by atoms with Gasteiger partial charge in [-0.1, -0.05) is 18.5 Å². The number of nitriles is 1. The largest absolute Gasteiger partial charge is 0.297 e. The fourth-order valence-electron chi connectivity index (χ4n) is 2.32. The standard InChI is InChI=1S/C14H21ClN4/c1-3-14(10-16,18-12-5-6-12)7-4-8-19-11(2)13(15)9-17-19/h9,12,18H,3-8H2,1-2H3. The van der Waals surface area contributed by atoms with Gasteiger partial charge in [-0.2, -0.15) is 10.4 Å². The molecule has 0 aromatic carbocycles. The van der Waals surface area contributed by atoms with Gasteiger partial charge in [0, 0.05) is 12.6 Å². The van der Waals surface area contributed by atoms with E-state index in [2.05, 4.69) is 23.4 Å². The van der Waals surface area contributed by atoms with Crippen LogP contribution in [-0.2, 0) is 6.54 Å². The third-order valence-corrected chi connectivity index (χ3v) is 4.26. The van der Waals surface area contributed by atoms with Crippen LogP contribution in [0.25, 0.3) is 0 Å². The summed E-state index contributed by atoms with van der Waals surface area (Å²) in [5.74, 6) is 0. The first-order valence-electron chi connectivity index (χ1n) is 6.97. The van der Waals surface area contributed by atoms with Gasteiger partial charge in [-0.3, -0.25) is 10.00 Å². The Morgan fingerprint density at radius 1 is 1.63 bits per heavy atom. The van der Waals surface area contributed by atoms with Gasteiger partial charge in [0.2, 0.25) is 0 Å². The summed E-state index contributed by atoms with van der Waals surface area (Å²) >= 11 is 5.98. The maximum Gasteiger partial charge on any atom is 0.106 e. The maximum atomic E-state index is 9.45. The van der Waals surface area contributed by atoms with Crippen LogP contribution in [0, 0.1) is 18.3 Å². The molecule has 1 aromatic rings. The molecule has 1 saturated carbocycles.